The van der Waals surface area contributed by atoms with Crippen molar-refractivity contribution in [2.24, 2.45) is 11.7 Å². The van der Waals surface area contributed by atoms with E-state index in [1.54, 1.807) is 6.20 Å². The molecule has 0 aromatic carbocycles. The molecule has 5 nitrogen and oxygen atoms in total. The smallest absolute Gasteiger partial charge is 0.183 e. The Kier molecular flexibility index (Phi) is 3.02. The van der Waals surface area contributed by atoms with Crippen molar-refractivity contribution in [3.8, 4) is 6.07 Å². The minimum Gasteiger partial charge on any atom is -0.353 e. The van der Waals surface area contributed by atoms with E-state index in [1.165, 1.54) is 6.20 Å². The molecule has 1 aliphatic heterocycles. The highest BCUT2D eigenvalue weighted by atomic mass is 15.2. The van der Waals surface area contributed by atoms with E-state index < -0.39 is 0 Å². The van der Waals surface area contributed by atoms with Crippen LogP contribution in [0.5, 0.6) is 0 Å². The van der Waals surface area contributed by atoms with Crippen LogP contribution in [0.2, 0.25) is 0 Å². The van der Waals surface area contributed by atoms with Crippen LogP contribution in [0, 0.1) is 17.2 Å². The predicted octanol–water partition coefficient (Wildman–Crippen LogP) is 0.522. The third kappa shape index (κ3) is 1.97. The van der Waals surface area contributed by atoms with Crippen molar-refractivity contribution in [1.29, 1.82) is 5.26 Å². The van der Waals surface area contributed by atoms with Gasteiger partial charge in [0, 0.05) is 31.5 Å². The maximum absolute atomic E-state index is 8.96. The largest absolute Gasteiger partial charge is 0.353 e. The lowest BCUT2D eigenvalue weighted by atomic mass is 9.94. The van der Waals surface area contributed by atoms with Gasteiger partial charge in [0.2, 0.25) is 0 Å². The topological polar surface area (TPSA) is 78.8 Å². The molecule has 0 aliphatic carbocycles. The van der Waals surface area contributed by atoms with Crippen LogP contribution in [-0.2, 0) is 0 Å². The molecule has 2 N–H and O–H groups in total. The van der Waals surface area contributed by atoms with Crippen LogP contribution >= 0.6 is 0 Å². The van der Waals surface area contributed by atoms with Crippen LogP contribution in [0.4, 0.5) is 5.82 Å². The van der Waals surface area contributed by atoms with Gasteiger partial charge < -0.3 is 10.6 Å². The third-order valence-electron chi connectivity index (χ3n) is 3.10. The molecule has 0 amide bonds. The lowest BCUT2D eigenvalue weighted by Gasteiger charge is -2.35. The first kappa shape index (κ1) is 10.8. The number of piperidine rings is 1. The molecule has 2 unspecified atom stereocenters. The number of aromatic nitrogens is 2. The van der Waals surface area contributed by atoms with Crippen molar-refractivity contribution in [1.82, 2.24) is 9.97 Å². The lowest BCUT2D eigenvalue weighted by Crippen LogP contribution is -2.48. The lowest BCUT2D eigenvalue weighted by molar-refractivity contribution is 0.377. The van der Waals surface area contributed by atoms with Crippen LogP contribution in [0.3, 0.4) is 0 Å². The highest BCUT2D eigenvalue weighted by Gasteiger charge is 2.25. The standard InChI is InChI=1S/C11H15N5/c1-8-2-5-16(7-9(8)13)11-10(6-12)14-3-4-15-11/h3-4,8-9H,2,5,7,13H2,1H3. The van der Waals surface area contributed by atoms with Gasteiger partial charge in [-0.25, -0.2) is 9.97 Å². The van der Waals surface area contributed by atoms with E-state index in [2.05, 4.69) is 27.9 Å². The van der Waals surface area contributed by atoms with Gasteiger partial charge in [-0.1, -0.05) is 6.92 Å². The molecule has 1 saturated heterocycles. The Balaban J connectivity index is 2.22. The Morgan fingerprint density at radius 2 is 2.25 bits per heavy atom. The molecule has 2 rings (SSSR count). The second-order valence-corrected chi connectivity index (χ2v) is 4.22. The molecule has 0 radical (unpaired) electrons. The molecular formula is C11H15N5. The van der Waals surface area contributed by atoms with Crippen LogP contribution in [0.15, 0.2) is 12.4 Å². The normalized spacial score (nSPS) is 25.2. The van der Waals surface area contributed by atoms with E-state index in [0.717, 1.165) is 19.5 Å². The number of nitrogens with zero attached hydrogens (tertiary/aromatic N) is 4. The van der Waals surface area contributed by atoms with Crippen molar-refractivity contribution >= 4 is 5.82 Å². The molecular weight excluding hydrogens is 202 g/mol. The predicted molar refractivity (Wildman–Crippen MR) is 60.7 cm³/mol. The second-order valence-electron chi connectivity index (χ2n) is 4.22. The maximum atomic E-state index is 8.96. The van der Waals surface area contributed by atoms with E-state index >= 15 is 0 Å². The highest BCUT2D eigenvalue weighted by Crippen LogP contribution is 2.22. The van der Waals surface area contributed by atoms with Gasteiger partial charge in [-0.3, -0.25) is 0 Å². The van der Waals surface area contributed by atoms with Gasteiger partial charge in [-0.15, -0.1) is 0 Å². The van der Waals surface area contributed by atoms with Crippen LogP contribution in [0.1, 0.15) is 19.0 Å². The Morgan fingerprint density at radius 3 is 2.94 bits per heavy atom. The maximum Gasteiger partial charge on any atom is 0.183 e. The number of nitrogens with two attached hydrogens (primary N) is 1. The van der Waals surface area contributed by atoms with Gasteiger partial charge in [0.05, 0.1) is 0 Å². The first-order valence-corrected chi connectivity index (χ1v) is 5.44. The average molecular weight is 217 g/mol. The summed E-state index contributed by atoms with van der Waals surface area (Å²) in [6.45, 7) is 3.79. The van der Waals surface area contributed by atoms with Crippen molar-refractivity contribution in [2.75, 3.05) is 18.0 Å². The van der Waals surface area contributed by atoms with Crippen molar-refractivity contribution < 1.29 is 0 Å². The van der Waals surface area contributed by atoms with Gasteiger partial charge in [-0.2, -0.15) is 5.26 Å². The summed E-state index contributed by atoms with van der Waals surface area (Å²) in [5, 5.41) is 8.96. The van der Waals surface area contributed by atoms with Crippen molar-refractivity contribution in [3.63, 3.8) is 0 Å². The number of rotatable bonds is 1. The summed E-state index contributed by atoms with van der Waals surface area (Å²) in [6.07, 6.45) is 4.18. The summed E-state index contributed by atoms with van der Waals surface area (Å²) >= 11 is 0. The summed E-state index contributed by atoms with van der Waals surface area (Å²) in [5.41, 5.74) is 6.40. The van der Waals surface area contributed by atoms with E-state index in [-0.39, 0.29) is 6.04 Å². The average Bonchev–Trinajstić information content (AvgIpc) is 2.32. The van der Waals surface area contributed by atoms with E-state index in [9.17, 15) is 0 Å². The summed E-state index contributed by atoms with van der Waals surface area (Å²) in [6, 6.07) is 2.20. The second kappa shape index (κ2) is 4.45. The summed E-state index contributed by atoms with van der Waals surface area (Å²) in [5.74, 6) is 1.19. The number of nitriles is 1. The molecule has 0 spiro atoms. The molecule has 0 bridgehead atoms. The molecule has 1 aromatic heterocycles. The minimum atomic E-state index is 0.141. The Bertz CT molecular complexity index is 411. The Hall–Kier alpha value is -1.67. The molecule has 16 heavy (non-hydrogen) atoms. The zero-order valence-electron chi connectivity index (χ0n) is 9.30. The van der Waals surface area contributed by atoms with E-state index in [0.29, 0.717) is 17.4 Å². The van der Waals surface area contributed by atoms with Crippen molar-refractivity contribution in [3.05, 3.63) is 18.1 Å². The van der Waals surface area contributed by atoms with E-state index in [1.807, 2.05) is 0 Å². The molecule has 1 fully saturated rings. The van der Waals surface area contributed by atoms with Gasteiger partial charge in [-0.05, 0) is 12.3 Å². The molecule has 0 saturated carbocycles. The van der Waals surface area contributed by atoms with Gasteiger partial charge >= 0.3 is 0 Å². The first-order chi connectivity index (χ1) is 7.72. The number of hydrogen-bond acceptors (Lipinski definition) is 5. The van der Waals surface area contributed by atoms with E-state index in [4.69, 9.17) is 11.0 Å². The van der Waals surface area contributed by atoms with Gasteiger partial charge in [0.15, 0.2) is 11.5 Å². The highest BCUT2D eigenvalue weighted by molar-refractivity contribution is 5.49. The fraction of sp³-hybridized carbons (Fsp3) is 0.545. The van der Waals surface area contributed by atoms with Gasteiger partial charge in [0.1, 0.15) is 6.07 Å². The zero-order chi connectivity index (χ0) is 11.5. The third-order valence-corrected chi connectivity index (χ3v) is 3.10. The SMILES string of the molecule is CC1CCN(c2nccnc2C#N)CC1N. The zero-order valence-corrected chi connectivity index (χ0v) is 9.30. The van der Waals surface area contributed by atoms with Crippen LogP contribution in [-0.4, -0.2) is 29.1 Å². The van der Waals surface area contributed by atoms with Crippen LogP contribution < -0.4 is 10.6 Å². The molecule has 1 aliphatic rings. The summed E-state index contributed by atoms with van der Waals surface area (Å²) in [7, 11) is 0. The number of hydrogen-bond donors (Lipinski definition) is 1. The molecule has 5 heteroatoms. The molecule has 2 atom stereocenters. The number of anilines is 1. The quantitative estimate of drug-likeness (QED) is 0.742. The Labute approximate surface area is 94.9 Å². The molecule has 1 aromatic rings. The Morgan fingerprint density at radius 1 is 1.50 bits per heavy atom. The fourth-order valence-electron chi connectivity index (χ4n) is 1.93. The minimum absolute atomic E-state index is 0.141. The fourth-order valence-corrected chi connectivity index (χ4v) is 1.93. The summed E-state index contributed by atoms with van der Waals surface area (Å²) < 4.78 is 0. The first-order valence-electron chi connectivity index (χ1n) is 5.44. The summed E-state index contributed by atoms with van der Waals surface area (Å²) in [4.78, 5) is 10.3. The molecule has 2 heterocycles. The monoisotopic (exact) mass is 217 g/mol. The van der Waals surface area contributed by atoms with Crippen LogP contribution in [0.25, 0.3) is 0 Å². The van der Waals surface area contributed by atoms with Crippen molar-refractivity contribution in [2.45, 2.75) is 19.4 Å². The molecule has 84 valence electrons. The van der Waals surface area contributed by atoms with Gasteiger partial charge in [0.25, 0.3) is 0 Å².